The van der Waals surface area contributed by atoms with Crippen LogP contribution in [-0.4, -0.2) is 28.0 Å². The molecule has 0 radical (unpaired) electrons. The number of ether oxygens (including phenoxy) is 1. The smallest absolute Gasteiger partial charge is 0.449 e. The Hall–Kier alpha value is -2.78. The molecule has 11 heteroatoms. The van der Waals surface area contributed by atoms with E-state index in [-0.39, 0.29) is 26.8 Å². The highest BCUT2D eigenvalue weighted by molar-refractivity contribution is 6.44. The van der Waals surface area contributed by atoms with Gasteiger partial charge in [-0.05, 0) is 24.3 Å². The summed E-state index contributed by atoms with van der Waals surface area (Å²) < 4.78 is 45.2. The molecule has 3 aromatic rings. The van der Waals surface area contributed by atoms with Gasteiger partial charge in [-0.3, -0.25) is 9.59 Å². The minimum absolute atomic E-state index is 0.0842. The molecule has 0 aliphatic rings. The van der Waals surface area contributed by atoms with Crippen LogP contribution < -0.4 is 5.32 Å². The van der Waals surface area contributed by atoms with Crippen molar-refractivity contribution in [1.82, 2.24) is 9.55 Å². The Balaban J connectivity index is 1.68. The molecule has 3 rings (SSSR count). The third-order valence-electron chi connectivity index (χ3n) is 3.79. The minimum Gasteiger partial charge on any atom is -0.454 e. The number of carbonyl (C=O) groups excluding carboxylic acids is 2. The van der Waals surface area contributed by atoms with E-state index in [0.29, 0.717) is 4.57 Å². The van der Waals surface area contributed by atoms with Crippen LogP contribution in [0.15, 0.2) is 42.5 Å². The van der Waals surface area contributed by atoms with Crippen LogP contribution in [0.3, 0.4) is 0 Å². The fraction of sp³-hybridized carbons (Fsp3) is 0.167. The van der Waals surface area contributed by atoms with Gasteiger partial charge in [0.05, 0.1) is 26.8 Å². The molecular weight excluding hydrogens is 434 g/mol. The van der Waals surface area contributed by atoms with Gasteiger partial charge in [0.25, 0.3) is 5.91 Å². The summed E-state index contributed by atoms with van der Waals surface area (Å²) in [6.45, 7) is -1.48. The van der Waals surface area contributed by atoms with Gasteiger partial charge >= 0.3 is 12.1 Å². The van der Waals surface area contributed by atoms with Gasteiger partial charge in [-0.2, -0.15) is 13.2 Å². The highest BCUT2D eigenvalue weighted by atomic mass is 35.5. The summed E-state index contributed by atoms with van der Waals surface area (Å²) in [4.78, 5) is 27.5. The van der Waals surface area contributed by atoms with Crippen LogP contribution in [0.25, 0.3) is 11.0 Å². The molecule has 0 spiro atoms. The maximum absolute atomic E-state index is 13.2. The summed E-state index contributed by atoms with van der Waals surface area (Å²) in [7, 11) is 0. The Kier molecular flexibility index (Phi) is 5.99. The van der Waals surface area contributed by atoms with Gasteiger partial charge in [0.1, 0.15) is 6.54 Å². The van der Waals surface area contributed by atoms with Crippen LogP contribution in [0.4, 0.5) is 18.9 Å². The van der Waals surface area contributed by atoms with E-state index in [0.717, 1.165) is 0 Å². The van der Waals surface area contributed by atoms with Gasteiger partial charge in [0.2, 0.25) is 5.82 Å². The van der Waals surface area contributed by atoms with E-state index >= 15 is 0 Å². The SMILES string of the molecule is O=C(COC(=O)Cn1c(C(F)(F)F)nc2ccccc21)Nc1cccc(Cl)c1Cl. The molecule has 0 atom stereocenters. The average Bonchev–Trinajstić information content (AvgIpc) is 3.03. The van der Waals surface area contributed by atoms with Crippen molar-refractivity contribution in [3.63, 3.8) is 0 Å². The molecule has 29 heavy (non-hydrogen) atoms. The molecule has 152 valence electrons. The zero-order valence-corrected chi connectivity index (χ0v) is 16.0. The summed E-state index contributed by atoms with van der Waals surface area (Å²) in [5.74, 6) is -2.99. The number of rotatable bonds is 5. The molecule has 0 unspecified atom stereocenters. The molecule has 0 saturated heterocycles. The zero-order chi connectivity index (χ0) is 21.2. The number of nitrogens with zero attached hydrogens (tertiary/aromatic N) is 2. The molecular formula is C18H12Cl2F3N3O3. The predicted molar refractivity (Wildman–Crippen MR) is 101 cm³/mol. The van der Waals surface area contributed by atoms with E-state index in [1.54, 1.807) is 6.07 Å². The first-order chi connectivity index (χ1) is 13.7. The third-order valence-corrected chi connectivity index (χ3v) is 4.60. The van der Waals surface area contributed by atoms with Crippen molar-refractivity contribution in [3.8, 4) is 0 Å². The number of alkyl halides is 3. The number of imidazole rings is 1. The number of amides is 1. The van der Waals surface area contributed by atoms with Crippen LogP contribution in [0.1, 0.15) is 5.82 Å². The second-order valence-corrected chi connectivity index (χ2v) is 6.60. The number of benzene rings is 2. The topological polar surface area (TPSA) is 73.2 Å². The molecule has 2 aromatic carbocycles. The van der Waals surface area contributed by atoms with E-state index in [1.807, 2.05) is 0 Å². The molecule has 1 N–H and O–H groups in total. The van der Waals surface area contributed by atoms with Gasteiger partial charge in [0, 0.05) is 0 Å². The highest BCUT2D eigenvalue weighted by Gasteiger charge is 2.38. The van der Waals surface area contributed by atoms with Crippen molar-refractivity contribution in [2.24, 2.45) is 0 Å². The molecule has 1 aromatic heterocycles. The Bertz CT molecular complexity index is 1080. The van der Waals surface area contributed by atoms with Crippen molar-refractivity contribution < 1.29 is 27.5 Å². The third kappa shape index (κ3) is 4.80. The maximum atomic E-state index is 13.2. The van der Waals surface area contributed by atoms with E-state index in [2.05, 4.69) is 10.3 Å². The fourth-order valence-corrected chi connectivity index (χ4v) is 2.91. The fourth-order valence-electron chi connectivity index (χ4n) is 2.56. The molecule has 6 nitrogen and oxygen atoms in total. The average molecular weight is 446 g/mol. The number of hydrogen-bond donors (Lipinski definition) is 1. The minimum atomic E-state index is -4.76. The number of esters is 1. The lowest BCUT2D eigenvalue weighted by atomic mass is 10.3. The lowest BCUT2D eigenvalue weighted by Crippen LogP contribution is -2.25. The molecule has 0 bridgehead atoms. The normalized spacial score (nSPS) is 11.5. The van der Waals surface area contributed by atoms with Gasteiger partial charge in [-0.25, -0.2) is 4.98 Å². The maximum Gasteiger partial charge on any atom is 0.449 e. The van der Waals surface area contributed by atoms with Crippen LogP contribution >= 0.6 is 23.2 Å². The van der Waals surface area contributed by atoms with E-state index in [9.17, 15) is 22.8 Å². The molecule has 1 amide bonds. The first-order valence-electron chi connectivity index (χ1n) is 8.09. The lowest BCUT2D eigenvalue weighted by Gasteiger charge is -2.12. The van der Waals surface area contributed by atoms with Crippen LogP contribution in [0, 0.1) is 0 Å². The molecule has 0 aliphatic heterocycles. The first kappa shape index (κ1) is 20.9. The summed E-state index contributed by atoms with van der Waals surface area (Å²) in [5.41, 5.74) is 0.410. The van der Waals surface area contributed by atoms with E-state index < -0.39 is 37.0 Å². The Labute approximate surface area is 172 Å². The predicted octanol–water partition coefficient (Wildman–Crippen LogP) is 4.54. The lowest BCUT2D eigenvalue weighted by molar-refractivity contribution is -0.152. The zero-order valence-electron chi connectivity index (χ0n) is 14.5. The van der Waals surface area contributed by atoms with Crippen molar-refractivity contribution in [3.05, 3.63) is 58.3 Å². The van der Waals surface area contributed by atoms with Crippen LogP contribution in [-0.2, 0) is 27.0 Å². The molecule has 0 fully saturated rings. The quantitative estimate of drug-likeness (QED) is 0.584. The summed E-state index contributed by atoms with van der Waals surface area (Å²) in [6, 6.07) is 10.4. The van der Waals surface area contributed by atoms with Crippen molar-refractivity contribution >= 4 is 51.8 Å². The number of carbonyl (C=O) groups is 2. The van der Waals surface area contributed by atoms with Crippen molar-refractivity contribution in [1.29, 1.82) is 0 Å². The Morgan fingerprint density at radius 1 is 1.10 bits per heavy atom. The number of aromatic nitrogens is 2. The van der Waals surface area contributed by atoms with Gasteiger partial charge in [0.15, 0.2) is 6.61 Å². The number of anilines is 1. The number of para-hydroxylation sites is 2. The van der Waals surface area contributed by atoms with Crippen molar-refractivity contribution in [2.75, 3.05) is 11.9 Å². The highest BCUT2D eigenvalue weighted by Crippen LogP contribution is 2.31. The largest absolute Gasteiger partial charge is 0.454 e. The summed E-state index contributed by atoms with van der Waals surface area (Å²) in [6.07, 6.45) is -4.76. The second kappa shape index (κ2) is 8.30. The van der Waals surface area contributed by atoms with Gasteiger partial charge in [-0.1, -0.05) is 41.4 Å². The second-order valence-electron chi connectivity index (χ2n) is 5.82. The number of halogens is 5. The van der Waals surface area contributed by atoms with E-state index in [1.165, 1.54) is 36.4 Å². The Morgan fingerprint density at radius 3 is 2.55 bits per heavy atom. The van der Waals surface area contributed by atoms with E-state index in [4.69, 9.17) is 27.9 Å². The van der Waals surface area contributed by atoms with Gasteiger partial charge < -0.3 is 14.6 Å². The van der Waals surface area contributed by atoms with Crippen LogP contribution in [0.2, 0.25) is 10.0 Å². The Morgan fingerprint density at radius 2 is 1.83 bits per heavy atom. The molecule has 1 heterocycles. The molecule has 0 saturated carbocycles. The summed E-state index contributed by atoms with van der Waals surface area (Å²) >= 11 is 11.8. The summed E-state index contributed by atoms with van der Waals surface area (Å²) in [5, 5.41) is 2.72. The number of nitrogens with one attached hydrogen (secondary N) is 1. The van der Waals surface area contributed by atoms with Gasteiger partial charge in [-0.15, -0.1) is 0 Å². The number of hydrogen-bond acceptors (Lipinski definition) is 4. The van der Waals surface area contributed by atoms with Crippen LogP contribution in [0.5, 0.6) is 0 Å². The standard InChI is InChI=1S/C18H12Cl2F3N3O3/c19-10-4-3-6-12(16(10)20)24-14(27)9-29-15(28)8-26-13-7-2-1-5-11(13)25-17(26)18(21,22)23/h1-7H,8-9H2,(H,24,27). The van der Waals surface area contributed by atoms with Crippen molar-refractivity contribution in [2.45, 2.75) is 12.7 Å². The first-order valence-corrected chi connectivity index (χ1v) is 8.84. The monoisotopic (exact) mass is 445 g/mol. The molecule has 0 aliphatic carbocycles. The number of fused-ring (bicyclic) bond motifs is 1.